The van der Waals surface area contributed by atoms with Gasteiger partial charge in [-0.15, -0.1) is 0 Å². The third-order valence-corrected chi connectivity index (χ3v) is 4.09. The molecule has 0 saturated carbocycles. The average molecular weight is 250 g/mol. The summed E-state index contributed by atoms with van der Waals surface area (Å²) in [6.45, 7) is 7.77. The number of aryl methyl sites for hydroxylation is 2. The summed E-state index contributed by atoms with van der Waals surface area (Å²) in [5, 5.41) is 13.4. The molecule has 100 valence electrons. The van der Waals surface area contributed by atoms with Crippen molar-refractivity contribution < 1.29 is 4.79 Å². The van der Waals surface area contributed by atoms with E-state index in [1.807, 2.05) is 13.8 Å². The second kappa shape index (κ2) is 5.10. The van der Waals surface area contributed by atoms with Gasteiger partial charge in [-0.2, -0.15) is 5.10 Å². The average Bonchev–Trinajstić information content (AvgIpc) is 2.71. The number of nitrogens with zero attached hydrogens (tertiary/aromatic N) is 1. The summed E-state index contributed by atoms with van der Waals surface area (Å²) in [5.74, 6) is 0.138. The molecule has 3 N–H and O–H groups in total. The number of hydrogen-bond acceptors (Lipinski definition) is 3. The summed E-state index contributed by atoms with van der Waals surface area (Å²) in [5.41, 5.74) is 2.38. The third-order valence-electron chi connectivity index (χ3n) is 4.09. The first-order valence-corrected chi connectivity index (χ1v) is 6.63. The van der Waals surface area contributed by atoms with Gasteiger partial charge in [-0.3, -0.25) is 9.89 Å². The van der Waals surface area contributed by atoms with Crippen LogP contribution in [-0.2, 0) is 4.79 Å². The van der Waals surface area contributed by atoms with Crippen LogP contribution >= 0.6 is 0 Å². The van der Waals surface area contributed by atoms with Gasteiger partial charge < -0.3 is 10.6 Å². The van der Waals surface area contributed by atoms with Crippen molar-refractivity contribution in [3.8, 4) is 0 Å². The predicted octanol–water partition coefficient (Wildman–Crippen LogP) is 1.74. The van der Waals surface area contributed by atoms with Gasteiger partial charge in [-0.1, -0.05) is 6.92 Å². The van der Waals surface area contributed by atoms with Crippen molar-refractivity contribution in [3.05, 3.63) is 11.4 Å². The Bertz CT molecular complexity index is 413. The first-order valence-electron chi connectivity index (χ1n) is 6.63. The zero-order valence-corrected chi connectivity index (χ0v) is 11.4. The molecule has 5 heteroatoms. The monoisotopic (exact) mass is 250 g/mol. The van der Waals surface area contributed by atoms with E-state index in [-0.39, 0.29) is 11.3 Å². The second-order valence-corrected chi connectivity index (χ2v) is 5.15. The molecule has 1 aliphatic heterocycles. The van der Waals surface area contributed by atoms with Crippen molar-refractivity contribution >= 4 is 11.6 Å². The van der Waals surface area contributed by atoms with Gasteiger partial charge in [0.15, 0.2) is 0 Å². The van der Waals surface area contributed by atoms with Crippen LogP contribution in [0.4, 0.5) is 5.69 Å². The fourth-order valence-electron chi connectivity index (χ4n) is 2.63. The van der Waals surface area contributed by atoms with Gasteiger partial charge >= 0.3 is 0 Å². The summed E-state index contributed by atoms with van der Waals surface area (Å²) in [6, 6.07) is 0. The Balaban J connectivity index is 2.15. The van der Waals surface area contributed by atoms with Crippen LogP contribution in [0.15, 0.2) is 0 Å². The maximum Gasteiger partial charge on any atom is 0.230 e. The summed E-state index contributed by atoms with van der Waals surface area (Å²) in [7, 11) is 0. The number of aromatic nitrogens is 2. The molecule has 0 spiro atoms. The number of hydrogen-bond donors (Lipinski definition) is 3. The highest BCUT2D eigenvalue weighted by atomic mass is 16.2. The van der Waals surface area contributed by atoms with Crippen molar-refractivity contribution in [2.24, 2.45) is 5.41 Å². The molecule has 18 heavy (non-hydrogen) atoms. The Morgan fingerprint density at radius 1 is 1.39 bits per heavy atom. The lowest BCUT2D eigenvalue weighted by Gasteiger charge is -2.35. The molecule has 2 rings (SSSR count). The zero-order valence-electron chi connectivity index (χ0n) is 11.4. The third kappa shape index (κ3) is 2.27. The number of carbonyl (C=O) groups excluding carboxylic acids is 1. The van der Waals surface area contributed by atoms with Crippen LogP contribution in [0.1, 0.15) is 37.6 Å². The number of amides is 1. The molecule has 5 nitrogen and oxygen atoms in total. The van der Waals surface area contributed by atoms with Crippen LogP contribution in [0.25, 0.3) is 0 Å². The topological polar surface area (TPSA) is 69.8 Å². The summed E-state index contributed by atoms with van der Waals surface area (Å²) < 4.78 is 0. The van der Waals surface area contributed by atoms with Gasteiger partial charge in [-0.05, 0) is 46.2 Å². The highest BCUT2D eigenvalue weighted by Gasteiger charge is 2.38. The van der Waals surface area contributed by atoms with Gasteiger partial charge in [0.2, 0.25) is 5.91 Å². The molecule has 0 unspecified atom stereocenters. The fraction of sp³-hybridized carbons (Fsp3) is 0.692. The maximum absolute atomic E-state index is 12.5. The Morgan fingerprint density at radius 2 is 2.06 bits per heavy atom. The molecular formula is C13H22N4O. The number of H-pyrrole nitrogens is 1. The van der Waals surface area contributed by atoms with Crippen molar-refractivity contribution in [1.82, 2.24) is 15.5 Å². The Kier molecular flexibility index (Phi) is 3.71. The molecule has 1 aromatic heterocycles. The molecule has 1 fully saturated rings. The Labute approximate surface area is 108 Å². The molecular weight excluding hydrogens is 228 g/mol. The van der Waals surface area contributed by atoms with Crippen LogP contribution in [0.2, 0.25) is 0 Å². The van der Waals surface area contributed by atoms with Crippen LogP contribution in [0.5, 0.6) is 0 Å². The Hall–Kier alpha value is -1.36. The lowest BCUT2D eigenvalue weighted by molar-refractivity contribution is -0.127. The number of carbonyl (C=O) groups is 1. The lowest BCUT2D eigenvalue weighted by atomic mass is 9.76. The molecule has 0 radical (unpaired) electrons. The standard InChI is InChI=1S/C13H22N4O/c1-4-13(5-7-14-8-6-13)12(18)15-11-9(2)16-17-10(11)3/h14H,4-8H2,1-3H3,(H,15,18)(H,16,17). The maximum atomic E-state index is 12.5. The Morgan fingerprint density at radius 3 is 2.56 bits per heavy atom. The van der Waals surface area contributed by atoms with Crippen LogP contribution in [0.3, 0.4) is 0 Å². The molecule has 1 amide bonds. The van der Waals surface area contributed by atoms with Crippen molar-refractivity contribution in [3.63, 3.8) is 0 Å². The number of piperidine rings is 1. The van der Waals surface area contributed by atoms with E-state index in [0.29, 0.717) is 0 Å². The van der Waals surface area contributed by atoms with E-state index in [1.54, 1.807) is 0 Å². The second-order valence-electron chi connectivity index (χ2n) is 5.15. The minimum atomic E-state index is -0.221. The zero-order chi connectivity index (χ0) is 13.2. The predicted molar refractivity (Wildman–Crippen MR) is 71.5 cm³/mol. The minimum Gasteiger partial charge on any atom is -0.322 e. The molecule has 1 aliphatic rings. The van der Waals surface area contributed by atoms with Crippen molar-refractivity contribution in [2.75, 3.05) is 18.4 Å². The fourth-order valence-corrected chi connectivity index (χ4v) is 2.63. The van der Waals surface area contributed by atoms with E-state index in [4.69, 9.17) is 0 Å². The lowest BCUT2D eigenvalue weighted by Crippen LogP contribution is -2.44. The number of anilines is 1. The molecule has 2 heterocycles. The van der Waals surface area contributed by atoms with E-state index >= 15 is 0 Å². The largest absolute Gasteiger partial charge is 0.322 e. The quantitative estimate of drug-likeness (QED) is 0.765. The molecule has 0 aliphatic carbocycles. The van der Waals surface area contributed by atoms with Crippen LogP contribution in [0, 0.1) is 19.3 Å². The molecule has 0 aromatic carbocycles. The van der Waals surface area contributed by atoms with Crippen molar-refractivity contribution in [2.45, 2.75) is 40.0 Å². The van der Waals surface area contributed by atoms with Gasteiger partial charge in [-0.25, -0.2) is 0 Å². The SMILES string of the molecule is CCC1(C(=O)Nc2c(C)n[nH]c2C)CCNCC1. The first kappa shape index (κ1) is 13.1. The van der Waals surface area contributed by atoms with Gasteiger partial charge in [0, 0.05) is 0 Å². The molecule has 1 aromatic rings. The number of aromatic amines is 1. The first-order chi connectivity index (χ1) is 8.59. The molecule has 1 saturated heterocycles. The minimum absolute atomic E-state index is 0.138. The normalized spacial score (nSPS) is 18.6. The molecule has 0 atom stereocenters. The smallest absolute Gasteiger partial charge is 0.230 e. The van der Waals surface area contributed by atoms with E-state index < -0.39 is 0 Å². The van der Waals surface area contributed by atoms with Crippen LogP contribution < -0.4 is 10.6 Å². The van der Waals surface area contributed by atoms with E-state index in [1.165, 1.54) is 0 Å². The number of nitrogens with one attached hydrogen (secondary N) is 3. The van der Waals surface area contributed by atoms with Crippen LogP contribution in [-0.4, -0.2) is 29.2 Å². The summed E-state index contributed by atoms with van der Waals surface area (Å²) in [4.78, 5) is 12.5. The highest BCUT2D eigenvalue weighted by Crippen LogP contribution is 2.34. The van der Waals surface area contributed by atoms with E-state index in [9.17, 15) is 4.79 Å². The van der Waals surface area contributed by atoms with E-state index in [2.05, 4.69) is 27.8 Å². The number of rotatable bonds is 3. The van der Waals surface area contributed by atoms with Gasteiger partial charge in [0.25, 0.3) is 0 Å². The van der Waals surface area contributed by atoms with Gasteiger partial charge in [0.05, 0.1) is 22.5 Å². The van der Waals surface area contributed by atoms with Gasteiger partial charge in [0.1, 0.15) is 0 Å². The summed E-state index contributed by atoms with van der Waals surface area (Å²) in [6.07, 6.45) is 2.70. The molecule has 0 bridgehead atoms. The van der Waals surface area contributed by atoms with Crippen molar-refractivity contribution in [1.29, 1.82) is 0 Å². The summed E-state index contributed by atoms with van der Waals surface area (Å²) >= 11 is 0. The highest BCUT2D eigenvalue weighted by molar-refractivity contribution is 5.96. The van der Waals surface area contributed by atoms with E-state index in [0.717, 1.165) is 49.4 Å².